The second-order valence-electron chi connectivity index (χ2n) is 4.32. The van der Waals surface area contributed by atoms with E-state index < -0.39 is 5.82 Å². The number of hydrogen-bond acceptors (Lipinski definition) is 3. The second kappa shape index (κ2) is 6.48. The molecular formula is C14H16ClFN2S. The Morgan fingerprint density at radius 2 is 2.05 bits per heavy atom. The molecule has 1 atom stereocenters. The molecule has 0 saturated heterocycles. The van der Waals surface area contributed by atoms with Crippen LogP contribution in [-0.2, 0) is 12.8 Å². The monoisotopic (exact) mass is 298 g/mol. The van der Waals surface area contributed by atoms with Gasteiger partial charge in [0.1, 0.15) is 5.82 Å². The Bertz CT molecular complexity index is 556. The van der Waals surface area contributed by atoms with Crippen molar-refractivity contribution in [1.29, 1.82) is 0 Å². The number of aryl methyl sites for hydroxylation is 1. The lowest BCUT2D eigenvalue weighted by molar-refractivity contribution is 0.553. The molecule has 2 aromatic rings. The molecule has 1 aromatic carbocycles. The number of nitrogens with two attached hydrogens (primary N) is 1. The fraction of sp³-hybridized carbons (Fsp3) is 0.286. The predicted molar refractivity (Wildman–Crippen MR) is 78.9 cm³/mol. The molecule has 3 N–H and O–H groups in total. The van der Waals surface area contributed by atoms with Crippen molar-refractivity contribution < 1.29 is 4.39 Å². The summed E-state index contributed by atoms with van der Waals surface area (Å²) < 4.78 is 13.2. The minimum absolute atomic E-state index is 0.0681. The van der Waals surface area contributed by atoms with E-state index in [1.165, 1.54) is 15.8 Å². The van der Waals surface area contributed by atoms with Crippen molar-refractivity contribution in [2.45, 2.75) is 25.8 Å². The molecule has 19 heavy (non-hydrogen) atoms. The molecule has 0 radical (unpaired) electrons. The Labute approximate surface area is 121 Å². The molecule has 5 heteroatoms. The van der Waals surface area contributed by atoms with E-state index in [1.54, 1.807) is 23.5 Å². The molecule has 2 rings (SSSR count). The van der Waals surface area contributed by atoms with Crippen LogP contribution in [0, 0.1) is 5.82 Å². The van der Waals surface area contributed by atoms with E-state index >= 15 is 0 Å². The molecule has 0 aliphatic rings. The Kier molecular flexibility index (Phi) is 4.93. The van der Waals surface area contributed by atoms with E-state index in [-0.39, 0.29) is 11.1 Å². The van der Waals surface area contributed by atoms with Crippen molar-refractivity contribution in [2.24, 2.45) is 5.84 Å². The number of hydrogen-bond donors (Lipinski definition) is 2. The van der Waals surface area contributed by atoms with Crippen LogP contribution in [0.4, 0.5) is 4.39 Å². The standard InChI is InChI=1S/C14H16ClFN2S/c1-2-10-4-5-11(19-10)8-14(18-17)9-3-6-13(16)12(15)7-9/h3-7,14,18H,2,8,17H2,1H3. The molecule has 0 amide bonds. The number of thiophene rings is 1. The summed E-state index contributed by atoms with van der Waals surface area (Å²) in [7, 11) is 0. The molecule has 0 fully saturated rings. The SMILES string of the molecule is CCc1ccc(CC(NN)c2ccc(F)c(Cl)c2)s1. The third-order valence-electron chi connectivity index (χ3n) is 3.02. The molecule has 1 unspecified atom stereocenters. The summed E-state index contributed by atoms with van der Waals surface area (Å²) in [4.78, 5) is 2.60. The number of hydrazine groups is 1. The highest BCUT2D eigenvalue weighted by molar-refractivity contribution is 7.11. The smallest absolute Gasteiger partial charge is 0.141 e. The summed E-state index contributed by atoms with van der Waals surface area (Å²) in [5, 5.41) is 0.123. The number of nitrogens with one attached hydrogen (secondary N) is 1. The Morgan fingerprint density at radius 3 is 2.63 bits per heavy atom. The number of rotatable bonds is 5. The summed E-state index contributed by atoms with van der Waals surface area (Å²) in [6.45, 7) is 2.13. The number of benzene rings is 1. The van der Waals surface area contributed by atoms with Gasteiger partial charge in [0.05, 0.1) is 11.1 Å². The minimum Gasteiger partial charge on any atom is -0.271 e. The van der Waals surface area contributed by atoms with Crippen LogP contribution in [-0.4, -0.2) is 0 Å². The van der Waals surface area contributed by atoms with Crippen LogP contribution in [0.15, 0.2) is 30.3 Å². The largest absolute Gasteiger partial charge is 0.271 e. The van der Waals surface area contributed by atoms with E-state index in [9.17, 15) is 4.39 Å². The third kappa shape index (κ3) is 3.54. The lowest BCUT2D eigenvalue weighted by Gasteiger charge is -2.15. The average molecular weight is 299 g/mol. The molecule has 0 saturated carbocycles. The van der Waals surface area contributed by atoms with E-state index in [2.05, 4.69) is 24.5 Å². The van der Waals surface area contributed by atoms with Gasteiger partial charge in [0, 0.05) is 16.2 Å². The summed E-state index contributed by atoms with van der Waals surface area (Å²) in [6, 6.07) is 8.87. The second-order valence-corrected chi connectivity index (χ2v) is 5.98. The van der Waals surface area contributed by atoms with Gasteiger partial charge in [-0.2, -0.15) is 0 Å². The molecule has 0 spiro atoms. The van der Waals surface area contributed by atoms with E-state index in [0.717, 1.165) is 18.4 Å². The minimum atomic E-state index is -0.411. The van der Waals surface area contributed by atoms with E-state index in [4.69, 9.17) is 17.4 Å². The third-order valence-corrected chi connectivity index (χ3v) is 4.56. The first-order chi connectivity index (χ1) is 9.13. The van der Waals surface area contributed by atoms with Gasteiger partial charge < -0.3 is 0 Å². The predicted octanol–water partition coefficient (Wildman–Crippen LogP) is 3.85. The van der Waals surface area contributed by atoms with E-state index in [1.807, 2.05) is 0 Å². The Hall–Kier alpha value is -0.940. The molecule has 1 aromatic heterocycles. The van der Waals surface area contributed by atoms with Gasteiger partial charge >= 0.3 is 0 Å². The van der Waals surface area contributed by atoms with Crippen LogP contribution in [0.5, 0.6) is 0 Å². The summed E-state index contributed by atoms with van der Waals surface area (Å²) in [5.41, 5.74) is 3.66. The van der Waals surface area contributed by atoms with Crippen molar-refractivity contribution in [1.82, 2.24) is 5.43 Å². The Morgan fingerprint density at radius 1 is 1.32 bits per heavy atom. The lowest BCUT2D eigenvalue weighted by atomic mass is 10.0. The molecular weight excluding hydrogens is 283 g/mol. The van der Waals surface area contributed by atoms with Gasteiger partial charge in [0.15, 0.2) is 0 Å². The van der Waals surface area contributed by atoms with Gasteiger partial charge in [0.25, 0.3) is 0 Å². The van der Waals surface area contributed by atoms with Crippen molar-refractivity contribution in [3.8, 4) is 0 Å². The van der Waals surface area contributed by atoms with Crippen LogP contribution in [0.3, 0.4) is 0 Å². The summed E-state index contributed by atoms with van der Waals surface area (Å²) in [5.74, 6) is 5.19. The summed E-state index contributed by atoms with van der Waals surface area (Å²) in [6.07, 6.45) is 1.80. The fourth-order valence-electron chi connectivity index (χ4n) is 1.93. The van der Waals surface area contributed by atoms with Gasteiger partial charge in [-0.05, 0) is 36.2 Å². The highest BCUT2D eigenvalue weighted by Crippen LogP contribution is 2.26. The zero-order valence-electron chi connectivity index (χ0n) is 10.6. The topological polar surface area (TPSA) is 38.0 Å². The molecule has 0 aliphatic carbocycles. The summed E-state index contributed by atoms with van der Waals surface area (Å²) >= 11 is 7.58. The van der Waals surface area contributed by atoms with Crippen LogP contribution in [0.25, 0.3) is 0 Å². The van der Waals surface area contributed by atoms with Crippen LogP contribution < -0.4 is 11.3 Å². The van der Waals surface area contributed by atoms with Crippen molar-refractivity contribution >= 4 is 22.9 Å². The number of halogens is 2. The molecule has 0 bridgehead atoms. The normalized spacial score (nSPS) is 12.6. The average Bonchev–Trinajstić information content (AvgIpc) is 2.87. The molecule has 0 aliphatic heterocycles. The van der Waals surface area contributed by atoms with Gasteiger partial charge in [0.2, 0.25) is 0 Å². The quantitative estimate of drug-likeness (QED) is 0.650. The maximum atomic E-state index is 13.2. The van der Waals surface area contributed by atoms with Crippen LogP contribution in [0.2, 0.25) is 5.02 Å². The first-order valence-electron chi connectivity index (χ1n) is 6.12. The van der Waals surface area contributed by atoms with Gasteiger partial charge in [-0.1, -0.05) is 24.6 Å². The molecule has 1 heterocycles. The fourth-order valence-corrected chi connectivity index (χ4v) is 3.12. The molecule has 2 nitrogen and oxygen atoms in total. The van der Waals surface area contributed by atoms with Crippen molar-refractivity contribution in [3.63, 3.8) is 0 Å². The van der Waals surface area contributed by atoms with Gasteiger partial charge in [-0.25, -0.2) is 4.39 Å². The van der Waals surface area contributed by atoms with Crippen LogP contribution >= 0.6 is 22.9 Å². The van der Waals surface area contributed by atoms with Crippen molar-refractivity contribution in [2.75, 3.05) is 0 Å². The van der Waals surface area contributed by atoms with Gasteiger partial charge in [-0.15, -0.1) is 11.3 Å². The highest BCUT2D eigenvalue weighted by Gasteiger charge is 2.13. The Balaban J connectivity index is 2.17. The maximum Gasteiger partial charge on any atom is 0.141 e. The van der Waals surface area contributed by atoms with E-state index in [0.29, 0.717) is 0 Å². The lowest BCUT2D eigenvalue weighted by Crippen LogP contribution is -2.29. The van der Waals surface area contributed by atoms with Crippen LogP contribution in [0.1, 0.15) is 28.3 Å². The first-order valence-corrected chi connectivity index (χ1v) is 7.32. The highest BCUT2D eigenvalue weighted by atomic mass is 35.5. The maximum absolute atomic E-state index is 13.2. The van der Waals surface area contributed by atoms with Crippen molar-refractivity contribution in [3.05, 3.63) is 56.5 Å². The zero-order valence-corrected chi connectivity index (χ0v) is 12.2. The zero-order chi connectivity index (χ0) is 13.8. The molecule has 102 valence electrons. The first kappa shape index (κ1) is 14.5. The van der Waals surface area contributed by atoms with Gasteiger partial charge in [-0.3, -0.25) is 11.3 Å².